The van der Waals surface area contributed by atoms with Gasteiger partial charge in [0.25, 0.3) is 0 Å². The summed E-state index contributed by atoms with van der Waals surface area (Å²) in [6.07, 6.45) is 0. The van der Waals surface area contributed by atoms with Gasteiger partial charge in [0, 0.05) is 11.3 Å². The smallest absolute Gasteiger partial charge is 0.172 e. The second-order valence-electron chi connectivity index (χ2n) is 3.83. The topological polar surface area (TPSA) is 17.1 Å². The third-order valence-corrected chi connectivity index (χ3v) is 2.74. The highest BCUT2D eigenvalue weighted by Gasteiger charge is 2.29. The van der Waals surface area contributed by atoms with Gasteiger partial charge < -0.3 is 0 Å². The van der Waals surface area contributed by atoms with E-state index in [4.69, 9.17) is 11.6 Å². The summed E-state index contributed by atoms with van der Waals surface area (Å²) in [5.41, 5.74) is -0.609. The molecule has 0 N–H and O–H groups in total. The van der Waals surface area contributed by atoms with E-state index in [1.54, 1.807) is 26.0 Å². The zero-order valence-corrected chi connectivity index (χ0v) is 8.94. The molecule has 0 saturated heterocycles. The number of hydrogen-bond donors (Lipinski definition) is 0. The maximum atomic E-state index is 13.2. The van der Waals surface area contributed by atoms with Crippen LogP contribution in [0.3, 0.4) is 0 Å². The van der Waals surface area contributed by atoms with E-state index >= 15 is 0 Å². The van der Waals surface area contributed by atoms with Crippen molar-refractivity contribution in [3.8, 4) is 0 Å². The van der Waals surface area contributed by atoms with Crippen LogP contribution in [-0.2, 0) is 0 Å². The monoisotopic (exact) mass is 214 g/mol. The van der Waals surface area contributed by atoms with Crippen LogP contribution in [0.1, 0.15) is 24.2 Å². The number of rotatable bonds is 3. The molecule has 3 heteroatoms. The van der Waals surface area contributed by atoms with E-state index in [1.165, 1.54) is 12.1 Å². The fourth-order valence-electron chi connectivity index (χ4n) is 1.07. The van der Waals surface area contributed by atoms with Gasteiger partial charge in [-0.2, -0.15) is 0 Å². The molecular formula is C11H12ClFO. The molecule has 1 aromatic carbocycles. The quantitative estimate of drug-likeness (QED) is 0.558. The molecule has 0 unspecified atom stereocenters. The Kier molecular flexibility index (Phi) is 3.27. The van der Waals surface area contributed by atoms with Crippen LogP contribution < -0.4 is 0 Å². The Morgan fingerprint density at radius 1 is 1.43 bits per heavy atom. The summed E-state index contributed by atoms with van der Waals surface area (Å²) in [6, 6.07) is 5.95. The summed E-state index contributed by atoms with van der Waals surface area (Å²) >= 11 is 5.65. The van der Waals surface area contributed by atoms with Crippen molar-refractivity contribution in [2.75, 3.05) is 5.88 Å². The standard InChI is InChI=1S/C11H12ClFO/c1-11(2,7-12)10(14)8-5-3-4-6-9(8)13/h3-6H,7H2,1-2H3. The average Bonchev–Trinajstić information content (AvgIpc) is 2.17. The van der Waals surface area contributed by atoms with Crippen molar-refractivity contribution in [3.63, 3.8) is 0 Å². The molecule has 0 aromatic heterocycles. The molecule has 0 spiro atoms. The number of carbonyl (C=O) groups is 1. The number of alkyl halides is 1. The summed E-state index contributed by atoms with van der Waals surface area (Å²) in [5.74, 6) is -0.568. The molecular weight excluding hydrogens is 203 g/mol. The Labute approximate surface area is 87.9 Å². The van der Waals surface area contributed by atoms with Crippen molar-refractivity contribution < 1.29 is 9.18 Å². The number of hydrogen-bond acceptors (Lipinski definition) is 1. The molecule has 0 saturated carbocycles. The van der Waals surface area contributed by atoms with Gasteiger partial charge in [0.05, 0.1) is 5.56 Å². The van der Waals surface area contributed by atoms with Crippen molar-refractivity contribution >= 4 is 17.4 Å². The van der Waals surface area contributed by atoms with Crippen molar-refractivity contribution in [2.45, 2.75) is 13.8 Å². The van der Waals surface area contributed by atoms with Gasteiger partial charge in [0.1, 0.15) is 5.82 Å². The lowest BCUT2D eigenvalue weighted by molar-refractivity contribution is 0.0857. The van der Waals surface area contributed by atoms with Crippen molar-refractivity contribution in [1.29, 1.82) is 0 Å². The first-order valence-corrected chi connectivity index (χ1v) is 4.88. The van der Waals surface area contributed by atoms with E-state index in [0.29, 0.717) is 0 Å². The van der Waals surface area contributed by atoms with E-state index in [-0.39, 0.29) is 17.2 Å². The van der Waals surface area contributed by atoms with Crippen LogP contribution in [0.5, 0.6) is 0 Å². The highest BCUT2D eigenvalue weighted by atomic mass is 35.5. The van der Waals surface area contributed by atoms with E-state index < -0.39 is 11.2 Å². The fourth-order valence-corrected chi connectivity index (χ4v) is 1.19. The lowest BCUT2D eigenvalue weighted by atomic mass is 9.86. The van der Waals surface area contributed by atoms with Crippen molar-refractivity contribution in [2.24, 2.45) is 5.41 Å². The second-order valence-corrected chi connectivity index (χ2v) is 4.09. The van der Waals surface area contributed by atoms with Gasteiger partial charge in [-0.05, 0) is 12.1 Å². The molecule has 0 heterocycles. The molecule has 0 radical (unpaired) electrons. The van der Waals surface area contributed by atoms with Gasteiger partial charge in [-0.3, -0.25) is 4.79 Å². The minimum atomic E-state index is -0.719. The summed E-state index contributed by atoms with van der Waals surface area (Å²) in [7, 11) is 0. The number of Topliss-reactive ketones (excluding diaryl/α,β-unsaturated/α-hetero) is 1. The molecule has 0 amide bonds. The van der Waals surface area contributed by atoms with Crippen LogP contribution >= 0.6 is 11.6 Å². The summed E-state index contributed by atoms with van der Waals surface area (Å²) in [6.45, 7) is 3.41. The molecule has 76 valence electrons. The van der Waals surface area contributed by atoms with Crippen LogP contribution in [-0.4, -0.2) is 11.7 Å². The number of halogens is 2. The van der Waals surface area contributed by atoms with Crippen molar-refractivity contribution in [1.82, 2.24) is 0 Å². The van der Waals surface area contributed by atoms with Gasteiger partial charge >= 0.3 is 0 Å². The lowest BCUT2D eigenvalue weighted by Crippen LogP contribution is -2.26. The van der Waals surface area contributed by atoms with Crippen LogP contribution in [0, 0.1) is 11.2 Å². The van der Waals surface area contributed by atoms with Gasteiger partial charge in [-0.15, -0.1) is 11.6 Å². The van der Waals surface area contributed by atoms with Gasteiger partial charge in [-0.1, -0.05) is 26.0 Å². The molecule has 0 aliphatic carbocycles. The number of benzene rings is 1. The largest absolute Gasteiger partial charge is 0.293 e. The van der Waals surface area contributed by atoms with E-state index in [1.807, 2.05) is 0 Å². The Bertz CT molecular complexity index is 347. The summed E-state index contributed by atoms with van der Waals surface area (Å²) < 4.78 is 13.2. The van der Waals surface area contributed by atoms with Crippen LogP contribution in [0.2, 0.25) is 0 Å². The van der Waals surface area contributed by atoms with E-state index in [0.717, 1.165) is 0 Å². The molecule has 0 atom stereocenters. The molecule has 1 rings (SSSR count). The van der Waals surface area contributed by atoms with E-state index in [9.17, 15) is 9.18 Å². The minimum Gasteiger partial charge on any atom is -0.293 e. The zero-order chi connectivity index (χ0) is 10.8. The van der Waals surface area contributed by atoms with Crippen LogP contribution in [0.4, 0.5) is 4.39 Å². The zero-order valence-electron chi connectivity index (χ0n) is 8.18. The average molecular weight is 215 g/mol. The maximum absolute atomic E-state index is 13.2. The maximum Gasteiger partial charge on any atom is 0.172 e. The Hall–Kier alpha value is -0.890. The SMILES string of the molecule is CC(C)(CCl)C(=O)c1ccccc1F. The number of carbonyl (C=O) groups excluding carboxylic acids is 1. The Morgan fingerprint density at radius 2 is 2.00 bits per heavy atom. The molecule has 0 aliphatic heterocycles. The Balaban J connectivity index is 3.07. The Morgan fingerprint density at radius 3 is 2.50 bits per heavy atom. The first kappa shape index (κ1) is 11.2. The molecule has 0 aliphatic rings. The van der Waals surface area contributed by atoms with Gasteiger partial charge in [0.2, 0.25) is 0 Å². The third-order valence-electron chi connectivity index (χ3n) is 2.07. The third kappa shape index (κ3) is 2.13. The van der Waals surface area contributed by atoms with Crippen LogP contribution in [0.25, 0.3) is 0 Å². The molecule has 14 heavy (non-hydrogen) atoms. The van der Waals surface area contributed by atoms with E-state index in [2.05, 4.69) is 0 Å². The predicted molar refractivity (Wildman–Crippen MR) is 55.2 cm³/mol. The molecule has 0 bridgehead atoms. The lowest BCUT2D eigenvalue weighted by Gasteiger charge is -2.19. The molecule has 1 nitrogen and oxygen atoms in total. The highest BCUT2D eigenvalue weighted by Crippen LogP contribution is 2.24. The highest BCUT2D eigenvalue weighted by molar-refractivity contribution is 6.21. The van der Waals surface area contributed by atoms with Gasteiger partial charge in [0.15, 0.2) is 5.78 Å². The normalized spacial score (nSPS) is 11.4. The van der Waals surface area contributed by atoms with Crippen LogP contribution in [0.15, 0.2) is 24.3 Å². The first-order chi connectivity index (χ1) is 6.49. The van der Waals surface area contributed by atoms with Gasteiger partial charge in [-0.25, -0.2) is 4.39 Å². The molecule has 0 fully saturated rings. The molecule has 1 aromatic rings. The second kappa shape index (κ2) is 4.09. The van der Waals surface area contributed by atoms with Crippen molar-refractivity contribution in [3.05, 3.63) is 35.6 Å². The summed E-state index contributed by atoms with van der Waals surface area (Å²) in [4.78, 5) is 11.8. The fraction of sp³-hybridized carbons (Fsp3) is 0.364. The number of ketones is 1. The summed E-state index contributed by atoms with van der Waals surface area (Å²) in [5, 5.41) is 0. The first-order valence-electron chi connectivity index (χ1n) is 4.34. The minimum absolute atomic E-state index is 0.109. The predicted octanol–water partition coefficient (Wildman–Crippen LogP) is 3.27.